The molecule has 0 atom stereocenters. The van der Waals surface area contributed by atoms with Gasteiger partial charge in [0, 0.05) is 22.9 Å². The summed E-state index contributed by atoms with van der Waals surface area (Å²) in [6, 6.07) is 36.2. The van der Waals surface area contributed by atoms with Crippen LogP contribution in [0.15, 0.2) is 113 Å². The molecule has 0 saturated carbocycles. The Morgan fingerprint density at radius 3 is 2.10 bits per heavy atom. The van der Waals surface area contributed by atoms with E-state index >= 15 is 0 Å². The zero-order valence-electron chi connectivity index (χ0n) is 16.7. The van der Waals surface area contributed by atoms with E-state index in [1.807, 2.05) is 84.9 Å². The second kappa shape index (κ2) is 8.14. The zero-order chi connectivity index (χ0) is 21.0. The SMILES string of the molecule is N#Cc1c(N=Cc2cccc3ccccc23)oc(-c2ccccc2)c1-c1ccccc1. The fourth-order valence-electron chi connectivity index (χ4n) is 3.78. The summed E-state index contributed by atoms with van der Waals surface area (Å²) in [4.78, 5) is 4.62. The molecule has 146 valence electrons. The van der Waals surface area contributed by atoms with Crippen molar-refractivity contribution in [1.82, 2.24) is 0 Å². The monoisotopic (exact) mass is 398 g/mol. The van der Waals surface area contributed by atoms with Crippen molar-refractivity contribution in [3.05, 3.63) is 114 Å². The summed E-state index contributed by atoms with van der Waals surface area (Å²) in [6.45, 7) is 0. The lowest BCUT2D eigenvalue weighted by molar-refractivity contribution is 0.593. The molecule has 1 aromatic heterocycles. The Labute approximate surface area is 180 Å². The second-order valence-electron chi connectivity index (χ2n) is 7.16. The lowest BCUT2D eigenvalue weighted by atomic mass is 9.98. The Morgan fingerprint density at radius 2 is 1.35 bits per heavy atom. The van der Waals surface area contributed by atoms with Crippen molar-refractivity contribution in [2.75, 3.05) is 0 Å². The maximum absolute atomic E-state index is 10.0. The summed E-state index contributed by atoms with van der Waals surface area (Å²) in [5, 5.41) is 12.2. The fraction of sp³-hybridized carbons (Fsp3) is 0. The molecule has 0 N–H and O–H groups in total. The van der Waals surface area contributed by atoms with Crippen LogP contribution in [0.3, 0.4) is 0 Å². The van der Waals surface area contributed by atoms with Crippen LogP contribution in [0.25, 0.3) is 33.2 Å². The van der Waals surface area contributed by atoms with Crippen LogP contribution in [0.1, 0.15) is 11.1 Å². The van der Waals surface area contributed by atoms with Gasteiger partial charge >= 0.3 is 0 Å². The highest BCUT2D eigenvalue weighted by Gasteiger charge is 2.22. The van der Waals surface area contributed by atoms with Gasteiger partial charge in [-0.05, 0) is 16.3 Å². The summed E-state index contributed by atoms with van der Waals surface area (Å²) in [6.07, 6.45) is 1.77. The molecule has 0 fully saturated rings. The van der Waals surface area contributed by atoms with Crippen molar-refractivity contribution in [3.8, 4) is 28.5 Å². The minimum Gasteiger partial charge on any atom is -0.436 e. The normalized spacial score (nSPS) is 11.1. The Hall–Kier alpha value is -4.42. The third-order valence-corrected chi connectivity index (χ3v) is 5.24. The van der Waals surface area contributed by atoms with Crippen LogP contribution in [-0.2, 0) is 0 Å². The third kappa shape index (κ3) is 3.52. The number of furan rings is 1. The second-order valence-corrected chi connectivity index (χ2v) is 7.16. The van der Waals surface area contributed by atoms with Crippen LogP contribution in [0.2, 0.25) is 0 Å². The Kier molecular flexibility index (Phi) is 4.88. The van der Waals surface area contributed by atoms with E-state index in [0.29, 0.717) is 17.2 Å². The van der Waals surface area contributed by atoms with Crippen molar-refractivity contribution in [2.45, 2.75) is 0 Å². The minimum absolute atomic E-state index is 0.313. The molecule has 0 bridgehead atoms. The molecule has 1 heterocycles. The van der Waals surface area contributed by atoms with Crippen molar-refractivity contribution in [3.63, 3.8) is 0 Å². The highest BCUT2D eigenvalue weighted by Crippen LogP contribution is 2.42. The smallest absolute Gasteiger partial charge is 0.238 e. The fourth-order valence-corrected chi connectivity index (χ4v) is 3.78. The lowest BCUT2D eigenvalue weighted by Gasteiger charge is -2.03. The largest absolute Gasteiger partial charge is 0.436 e. The van der Waals surface area contributed by atoms with E-state index in [1.165, 1.54) is 0 Å². The van der Waals surface area contributed by atoms with Gasteiger partial charge in [0.15, 0.2) is 0 Å². The number of nitrogens with zero attached hydrogens (tertiary/aromatic N) is 2. The number of nitriles is 1. The van der Waals surface area contributed by atoms with E-state index in [2.05, 4.69) is 29.3 Å². The first-order valence-corrected chi connectivity index (χ1v) is 10.0. The molecule has 5 aromatic rings. The average molecular weight is 398 g/mol. The number of hydrogen-bond donors (Lipinski definition) is 0. The molecule has 0 aliphatic rings. The van der Waals surface area contributed by atoms with Gasteiger partial charge < -0.3 is 4.42 Å². The number of hydrogen-bond acceptors (Lipinski definition) is 3. The molecule has 0 saturated heterocycles. The molecule has 3 nitrogen and oxygen atoms in total. The predicted octanol–water partition coefficient (Wildman–Crippen LogP) is 7.39. The Balaban J connectivity index is 1.68. The first-order valence-electron chi connectivity index (χ1n) is 10.0. The molecular formula is C28H18N2O. The van der Waals surface area contributed by atoms with Crippen molar-refractivity contribution in [2.24, 2.45) is 4.99 Å². The molecule has 0 aliphatic heterocycles. The van der Waals surface area contributed by atoms with Crippen molar-refractivity contribution in [1.29, 1.82) is 5.26 Å². The van der Waals surface area contributed by atoms with Crippen LogP contribution in [0, 0.1) is 11.3 Å². The Bertz CT molecular complexity index is 1420. The van der Waals surface area contributed by atoms with Gasteiger partial charge in [0.2, 0.25) is 5.88 Å². The maximum atomic E-state index is 10.0. The van der Waals surface area contributed by atoms with Gasteiger partial charge in [-0.2, -0.15) is 5.26 Å². The van der Waals surface area contributed by atoms with Crippen LogP contribution < -0.4 is 0 Å². The van der Waals surface area contributed by atoms with Gasteiger partial charge in [-0.25, -0.2) is 4.99 Å². The number of aliphatic imine (C=N–C) groups is 1. The van der Waals surface area contributed by atoms with E-state index in [0.717, 1.165) is 33.0 Å². The van der Waals surface area contributed by atoms with Crippen molar-refractivity contribution >= 4 is 22.9 Å². The van der Waals surface area contributed by atoms with Gasteiger partial charge in [-0.3, -0.25) is 0 Å². The summed E-state index contributed by atoms with van der Waals surface area (Å²) in [5.74, 6) is 0.960. The Morgan fingerprint density at radius 1 is 0.710 bits per heavy atom. The van der Waals surface area contributed by atoms with Gasteiger partial charge in [0.05, 0.1) is 0 Å². The highest BCUT2D eigenvalue weighted by atomic mass is 16.4. The molecule has 3 heteroatoms. The van der Waals surface area contributed by atoms with E-state index in [9.17, 15) is 5.26 Å². The van der Waals surface area contributed by atoms with Gasteiger partial charge in [0.25, 0.3) is 0 Å². The molecule has 0 amide bonds. The van der Waals surface area contributed by atoms with Gasteiger partial charge in [-0.15, -0.1) is 0 Å². The highest BCUT2D eigenvalue weighted by molar-refractivity contribution is 6.00. The number of fused-ring (bicyclic) bond motifs is 1. The maximum Gasteiger partial charge on any atom is 0.238 e. The standard InChI is InChI=1S/C28H18N2O/c29-18-25-26(21-11-3-1-4-12-21)27(22-13-5-2-6-14-22)31-28(25)30-19-23-16-9-15-20-10-7-8-17-24(20)23/h1-17,19H. The van der Waals surface area contributed by atoms with Gasteiger partial charge in [-0.1, -0.05) is 103 Å². The van der Waals surface area contributed by atoms with Crippen LogP contribution >= 0.6 is 0 Å². The molecule has 0 radical (unpaired) electrons. The topological polar surface area (TPSA) is 49.3 Å². The van der Waals surface area contributed by atoms with Crippen LogP contribution in [0.5, 0.6) is 0 Å². The summed E-state index contributed by atoms with van der Waals surface area (Å²) in [5.41, 5.74) is 4.00. The first kappa shape index (κ1) is 18.6. The van der Waals surface area contributed by atoms with Crippen molar-refractivity contribution < 1.29 is 4.42 Å². The molecule has 4 aromatic carbocycles. The average Bonchev–Trinajstić information content (AvgIpc) is 3.22. The summed E-state index contributed by atoms with van der Waals surface area (Å²) in [7, 11) is 0. The van der Waals surface area contributed by atoms with Gasteiger partial charge in [0.1, 0.15) is 17.4 Å². The lowest BCUT2D eigenvalue weighted by Crippen LogP contribution is -1.84. The van der Waals surface area contributed by atoms with E-state index in [1.54, 1.807) is 6.21 Å². The van der Waals surface area contributed by atoms with E-state index in [-0.39, 0.29) is 0 Å². The van der Waals surface area contributed by atoms with Crippen LogP contribution in [-0.4, -0.2) is 6.21 Å². The summed E-state index contributed by atoms with van der Waals surface area (Å²) < 4.78 is 6.19. The van der Waals surface area contributed by atoms with Crippen LogP contribution in [0.4, 0.5) is 5.88 Å². The molecule has 0 unspecified atom stereocenters. The van der Waals surface area contributed by atoms with E-state index < -0.39 is 0 Å². The van der Waals surface area contributed by atoms with E-state index in [4.69, 9.17) is 4.42 Å². The molecule has 31 heavy (non-hydrogen) atoms. The molecule has 0 spiro atoms. The zero-order valence-corrected chi connectivity index (χ0v) is 16.7. The molecular weight excluding hydrogens is 380 g/mol. The molecule has 5 rings (SSSR count). The quantitative estimate of drug-likeness (QED) is 0.296. The summed E-state index contributed by atoms with van der Waals surface area (Å²) >= 11 is 0. The molecule has 0 aliphatic carbocycles. The first-order chi connectivity index (χ1) is 15.3. The number of benzene rings is 4. The number of rotatable bonds is 4. The predicted molar refractivity (Wildman–Crippen MR) is 125 cm³/mol. The minimum atomic E-state index is 0.313. The third-order valence-electron chi connectivity index (χ3n) is 5.24.